The standard InChI is InChI=1S/C8H8.CHClO2/c1-2-8-6-4-3-5-7-8;2-1(3)4/h2-7H,1H2;(H,3,4). The van der Waals surface area contributed by atoms with Crippen LogP contribution in [0.5, 0.6) is 0 Å². The van der Waals surface area contributed by atoms with Gasteiger partial charge < -0.3 is 5.11 Å². The first-order valence-corrected chi connectivity index (χ1v) is 3.60. The van der Waals surface area contributed by atoms with E-state index in [9.17, 15) is 0 Å². The Balaban J connectivity index is 0.000000261. The van der Waals surface area contributed by atoms with E-state index < -0.39 is 5.43 Å². The Bertz CT molecular complexity index is 240. The van der Waals surface area contributed by atoms with Gasteiger partial charge in [-0.15, -0.1) is 0 Å². The van der Waals surface area contributed by atoms with Gasteiger partial charge in [-0.05, 0) is 5.56 Å². The predicted octanol–water partition coefficient (Wildman–Crippen LogP) is 3.23. The highest BCUT2D eigenvalue weighted by Crippen LogP contribution is 1.97. The van der Waals surface area contributed by atoms with Gasteiger partial charge in [0.15, 0.2) is 0 Å². The molecule has 0 unspecified atom stereocenters. The van der Waals surface area contributed by atoms with Crippen LogP contribution in [0.25, 0.3) is 6.08 Å². The maximum absolute atomic E-state index is 8.77. The molecule has 0 fully saturated rings. The summed E-state index contributed by atoms with van der Waals surface area (Å²) in [5.74, 6) is 0. The molecule has 3 heteroatoms. The van der Waals surface area contributed by atoms with Crippen molar-refractivity contribution in [1.82, 2.24) is 0 Å². The summed E-state index contributed by atoms with van der Waals surface area (Å²) in [4.78, 5) is 8.77. The molecule has 0 aliphatic rings. The van der Waals surface area contributed by atoms with Gasteiger partial charge in [-0.3, -0.25) is 0 Å². The molecule has 12 heavy (non-hydrogen) atoms. The normalized spacial score (nSPS) is 7.75. The van der Waals surface area contributed by atoms with Crippen LogP contribution in [0.4, 0.5) is 4.79 Å². The molecule has 0 aliphatic heterocycles. The van der Waals surface area contributed by atoms with E-state index in [0.29, 0.717) is 0 Å². The fourth-order valence-corrected chi connectivity index (χ4v) is 0.589. The lowest BCUT2D eigenvalue weighted by Crippen LogP contribution is -1.66. The molecule has 0 bridgehead atoms. The van der Waals surface area contributed by atoms with Crippen LogP contribution in [-0.4, -0.2) is 10.5 Å². The van der Waals surface area contributed by atoms with Crippen LogP contribution in [0.15, 0.2) is 36.9 Å². The number of hydrogen-bond donors (Lipinski definition) is 1. The third kappa shape index (κ3) is 6.83. The summed E-state index contributed by atoms with van der Waals surface area (Å²) in [5.41, 5.74) is -0.187. The molecule has 0 atom stereocenters. The highest BCUT2D eigenvalue weighted by molar-refractivity contribution is 6.60. The summed E-state index contributed by atoms with van der Waals surface area (Å²) < 4.78 is 0. The number of hydrogen-bond acceptors (Lipinski definition) is 1. The smallest absolute Gasteiger partial charge is 0.401 e. The molecular formula is C9H9ClO2. The Morgan fingerprint density at radius 3 is 2.08 bits per heavy atom. The van der Waals surface area contributed by atoms with Gasteiger partial charge in [0.25, 0.3) is 0 Å². The Labute approximate surface area is 76.1 Å². The molecule has 0 radical (unpaired) electrons. The van der Waals surface area contributed by atoms with E-state index >= 15 is 0 Å². The minimum absolute atomic E-state index is 1.17. The lowest BCUT2D eigenvalue weighted by atomic mass is 10.2. The summed E-state index contributed by atoms with van der Waals surface area (Å²) in [6.45, 7) is 3.63. The van der Waals surface area contributed by atoms with E-state index in [-0.39, 0.29) is 0 Å². The SMILES string of the molecule is C=Cc1ccccc1.O=C(O)Cl. The van der Waals surface area contributed by atoms with Gasteiger partial charge in [0.05, 0.1) is 0 Å². The lowest BCUT2D eigenvalue weighted by Gasteiger charge is -1.85. The minimum Gasteiger partial charge on any atom is -0.469 e. The zero-order valence-corrected chi connectivity index (χ0v) is 7.16. The first-order chi connectivity index (χ1) is 5.66. The van der Waals surface area contributed by atoms with Gasteiger partial charge in [-0.25, -0.2) is 4.79 Å². The minimum atomic E-state index is -1.36. The average molecular weight is 185 g/mol. The second-order valence-electron chi connectivity index (χ2n) is 1.87. The van der Waals surface area contributed by atoms with Crippen LogP contribution in [0.1, 0.15) is 5.56 Å². The third-order valence-electron chi connectivity index (χ3n) is 1.04. The average Bonchev–Trinajstić information content (AvgIpc) is 2.05. The second-order valence-corrected chi connectivity index (χ2v) is 2.19. The Morgan fingerprint density at radius 1 is 1.42 bits per heavy atom. The monoisotopic (exact) mass is 184 g/mol. The first kappa shape index (κ1) is 10.7. The number of carbonyl (C=O) groups is 1. The van der Waals surface area contributed by atoms with Crippen molar-refractivity contribution in [3.63, 3.8) is 0 Å². The van der Waals surface area contributed by atoms with Crippen LogP contribution >= 0.6 is 11.6 Å². The molecule has 1 aromatic rings. The molecule has 1 aromatic carbocycles. The molecule has 1 N–H and O–H groups in total. The molecule has 0 spiro atoms. The molecule has 0 aromatic heterocycles. The predicted molar refractivity (Wildman–Crippen MR) is 50.4 cm³/mol. The largest absolute Gasteiger partial charge is 0.469 e. The molecule has 0 aliphatic carbocycles. The van der Waals surface area contributed by atoms with Crippen LogP contribution in [0.2, 0.25) is 0 Å². The van der Waals surface area contributed by atoms with E-state index in [1.54, 1.807) is 0 Å². The molecule has 0 saturated heterocycles. The molecular weight excluding hydrogens is 176 g/mol. The van der Waals surface area contributed by atoms with E-state index in [2.05, 4.69) is 18.2 Å². The van der Waals surface area contributed by atoms with Gasteiger partial charge in [-0.1, -0.05) is 43.0 Å². The topological polar surface area (TPSA) is 37.3 Å². The fourth-order valence-electron chi connectivity index (χ4n) is 0.589. The van der Waals surface area contributed by atoms with E-state index in [0.717, 1.165) is 0 Å². The van der Waals surface area contributed by atoms with Crippen molar-refractivity contribution >= 4 is 23.1 Å². The third-order valence-corrected chi connectivity index (χ3v) is 1.04. The maximum atomic E-state index is 8.77. The van der Waals surface area contributed by atoms with Gasteiger partial charge in [0.1, 0.15) is 0 Å². The first-order valence-electron chi connectivity index (χ1n) is 3.22. The summed E-state index contributed by atoms with van der Waals surface area (Å²) in [6, 6.07) is 10.0. The summed E-state index contributed by atoms with van der Waals surface area (Å²) in [7, 11) is 0. The molecule has 0 saturated carbocycles. The van der Waals surface area contributed by atoms with Crippen LogP contribution in [0.3, 0.4) is 0 Å². The van der Waals surface area contributed by atoms with Crippen LogP contribution < -0.4 is 0 Å². The Hall–Kier alpha value is -1.28. The molecule has 1 rings (SSSR count). The van der Waals surface area contributed by atoms with Crippen LogP contribution in [-0.2, 0) is 0 Å². The fraction of sp³-hybridized carbons (Fsp3) is 0. The number of carboxylic acid groups (broad SMARTS) is 1. The molecule has 0 heterocycles. The van der Waals surface area contributed by atoms with Gasteiger partial charge in [0.2, 0.25) is 0 Å². The Kier molecular flexibility index (Phi) is 5.75. The lowest BCUT2D eigenvalue weighted by molar-refractivity contribution is 0.220. The van der Waals surface area contributed by atoms with Crippen molar-refractivity contribution in [3.05, 3.63) is 42.5 Å². The van der Waals surface area contributed by atoms with Crippen molar-refractivity contribution < 1.29 is 9.90 Å². The summed E-state index contributed by atoms with van der Waals surface area (Å²) in [6.07, 6.45) is 1.83. The highest BCUT2D eigenvalue weighted by Gasteiger charge is 1.75. The molecule has 2 nitrogen and oxygen atoms in total. The molecule has 64 valence electrons. The van der Waals surface area contributed by atoms with Crippen molar-refractivity contribution in [3.8, 4) is 0 Å². The van der Waals surface area contributed by atoms with Gasteiger partial charge in [0, 0.05) is 11.6 Å². The van der Waals surface area contributed by atoms with Gasteiger partial charge in [-0.2, -0.15) is 0 Å². The maximum Gasteiger partial charge on any atom is 0.401 e. The number of halogens is 1. The zero-order chi connectivity index (χ0) is 9.40. The van der Waals surface area contributed by atoms with Crippen molar-refractivity contribution in [2.75, 3.05) is 0 Å². The number of benzene rings is 1. The summed E-state index contributed by atoms with van der Waals surface area (Å²) >= 11 is 4.19. The second kappa shape index (κ2) is 6.43. The quantitative estimate of drug-likeness (QED) is 0.681. The van der Waals surface area contributed by atoms with Crippen molar-refractivity contribution in [2.45, 2.75) is 0 Å². The molecule has 0 amide bonds. The zero-order valence-electron chi connectivity index (χ0n) is 6.40. The van der Waals surface area contributed by atoms with Crippen molar-refractivity contribution in [2.24, 2.45) is 0 Å². The van der Waals surface area contributed by atoms with Crippen molar-refractivity contribution in [1.29, 1.82) is 0 Å². The Morgan fingerprint density at radius 2 is 1.83 bits per heavy atom. The van der Waals surface area contributed by atoms with E-state index in [1.165, 1.54) is 5.56 Å². The number of rotatable bonds is 1. The highest BCUT2D eigenvalue weighted by atomic mass is 35.5. The van der Waals surface area contributed by atoms with Gasteiger partial charge >= 0.3 is 5.43 Å². The van der Waals surface area contributed by atoms with Crippen LogP contribution in [0, 0.1) is 0 Å². The summed E-state index contributed by atoms with van der Waals surface area (Å²) in [5, 5.41) is 7.18. The van der Waals surface area contributed by atoms with E-state index in [4.69, 9.17) is 9.90 Å². The van der Waals surface area contributed by atoms with E-state index in [1.807, 2.05) is 36.4 Å².